The fourth-order valence-electron chi connectivity index (χ4n) is 7.15. The summed E-state index contributed by atoms with van der Waals surface area (Å²) in [7, 11) is 2.12. The highest BCUT2D eigenvalue weighted by Crippen LogP contribution is 2.39. The number of carbonyl (C=O) groups is 2. The smallest absolute Gasteiger partial charge is 0.224 e. The van der Waals surface area contributed by atoms with Crippen LogP contribution >= 0.6 is 0 Å². The minimum atomic E-state index is -0.546. The Hall–Kier alpha value is -5.32. The quantitative estimate of drug-likeness (QED) is 0.0521. The third-order valence-electron chi connectivity index (χ3n) is 10.2. The van der Waals surface area contributed by atoms with Crippen LogP contribution in [0.1, 0.15) is 85.2 Å². The van der Waals surface area contributed by atoms with Crippen molar-refractivity contribution in [3.63, 3.8) is 0 Å². The highest BCUT2D eigenvalue weighted by atomic mass is 16.7. The zero-order valence-corrected chi connectivity index (χ0v) is 32.2. The van der Waals surface area contributed by atoms with Crippen molar-refractivity contribution >= 4 is 23.2 Å². The van der Waals surface area contributed by atoms with Crippen LogP contribution in [0.15, 0.2) is 127 Å². The molecule has 0 aromatic heterocycles. The monoisotopic (exact) mass is 754 g/mol. The molecule has 5 N–H and O–H groups in total. The first kappa shape index (κ1) is 40.3. The van der Waals surface area contributed by atoms with E-state index in [1.807, 2.05) is 60.7 Å². The number of hydrogen-bond donors (Lipinski definition) is 4. The molecule has 56 heavy (non-hydrogen) atoms. The van der Waals surface area contributed by atoms with Gasteiger partial charge in [0.2, 0.25) is 11.8 Å². The Bertz CT molecular complexity index is 1990. The molecule has 2 amide bonds. The summed E-state index contributed by atoms with van der Waals surface area (Å²) in [5.74, 6) is -0.0322. The van der Waals surface area contributed by atoms with E-state index in [0.717, 1.165) is 78.6 Å². The van der Waals surface area contributed by atoms with E-state index in [-0.39, 0.29) is 30.6 Å². The molecule has 0 aliphatic carbocycles. The van der Waals surface area contributed by atoms with Gasteiger partial charge >= 0.3 is 0 Å². The van der Waals surface area contributed by atoms with Gasteiger partial charge in [-0.1, -0.05) is 128 Å². The second kappa shape index (κ2) is 20.6. The second-order valence-electron chi connectivity index (χ2n) is 14.6. The number of nitrogens with one attached hydrogen (secondary N) is 2. The summed E-state index contributed by atoms with van der Waals surface area (Å²) in [5.41, 5.74) is 14.4. The highest BCUT2D eigenvalue weighted by Gasteiger charge is 2.33. The number of rotatable bonds is 18. The average molecular weight is 755 g/mol. The van der Waals surface area contributed by atoms with E-state index < -0.39 is 6.29 Å². The zero-order chi connectivity index (χ0) is 39.1. The molecule has 3 atom stereocenters. The molecule has 0 unspecified atom stereocenters. The van der Waals surface area contributed by atoms with Crippen molar-refractivity contribution in [1.29, 1.82) is 0 Å². The standard InChI is InChI=1S/C47H54N4O5/c1-51(31-34-13-5-4-6-14-34)32-40-29-44(37-23-21-35(33-52)22-24-37)56-47(55-40)38-27-25-36(26-28-38)41-16-10-9-15-39(41)30-49-45(53)19-7-2-3-8-20-46(54)50-43-18-12-11-17-42(43)48/h4-6,9-18,21-28,40,44,47,52H,2-3,7-8,19-20,29-33,48H2,1H3,(H,49,53)(H,50,54)/t40-,44+,47+/m0/s1. The Morgan fingerprint density at radius 1 is 0.732 bits per heavy atom. The molecule has 0 radical (unpaired) electrons. The number of unbranched alkanes of at least 4 members (excludes halogenated alkanes) is 3. The molecule has 0 spiro atoms. The molecule has 9 heteroatoms. The van der Waals surface area contributed by atoms with Crippen molar-refractivity contribution in [3.05, 3.63) is 155 Å². The van der Waals surface area contributed by atoms with Crippen LogP contribution < -0.4 is 16.4 Å². The lowest BCUT2D eigenvalue weighted by molar-refractivity contribution is -0.252. The minimum absolute atomic E-state index is 0.00322. The summed E-state index contributed by atoms with van der Waals surface area (Å²) in [6, 6.07) is 42.1. The van der Waals surface area contributed by atoms with Gasteiger partial charge in [-0.3, -0.25) is 14.5 Å². The van der Waals surface area contributed by atoms with Gasteiger partial charge in [-0.25, -0.2) is 0 Å². The Balaban J connectivity index is 1.01. The summed E-state index contributed by atoms with van der Waals surface area (Å²) >= 11 is 0. The average Bonchev–Trinajstić information content (AvgIpc) is 3.22. The number of nitrogen functional groups attached to an aromatic ring is 1. The number of anilines is 2. The summed E-state index contributed by atoms with van der Waals surface area (Å²) < 4.78 is 13.2. The molecule has 0 bridgehead atoms. The fraction of sp³-hybridized carbons (Fsp3) is 0.319. The Morgan fingerprint density at radius 3 is 2.12 bits per heavy atom. The lowest BCUT2D eigenvalue weighted by atomic mass is 9.97. The van der Waals surface area contributed by atoms with Gasteiger partial charge in [0.15, 0.2) is 6.29 Å². The molecule has 1 aliphatic rings. The molecule has 5 aromatic carbocycles. The van der Waals surface area contributed by atoms with E-state index >= 15 is 0 Å². The summed E-state index contributed by atoms with van der Waals surface area (Å²) in [6.07, 6.45) is 4.12. The molecule has 1 saturated heterocycles. The highest BCUT2D eigenvalue weighted by molar-refractivity contribution is 5.93. The van der Waals surface area contributed by atoms with E-state index in [4.69, 9.17) is 15.2 Å². The third-order valence-corrected chi connectivity index (χ3v) is 10.2. The number of carbonyl (C=O) groups excluding carboxylic acids is 2. The molecular weight excluding hydrogens is 701 g/mol. The van der Waals surface area contributed by atoms with Crippen LogP contribution in [0.4, 0.5) is 11.4 Å². The maximum atomic E-state index is 12.8. The van der Waals surface area contributed by atoms with Crippen molar-refractivity contribution in [2.75, 3.05) is 24.6 Å². The number of benzene rings is 5. The molecular formula is C47H54N4O5. The zero-order valence-electron chi connectivity index (χ0n) is 32.2. The lowest BCUT2D eigenvalue weighted by Crippen LogP contribution is -2.37. The molecule has 1 aliphatic heterocycles. The van der Waals surface area contributed by atoms with Gasteiger partial charge in [0.25, 0.3) is 0 Å². The topological polar surface area (TPSA) is 126 Å². The van der Waals surface area contributed by atoms with E-state index in [0.29, 0.717) is 30.8 Å². The second-order valence-corrected chi connectivity index (χ2v) is 14.6. The van der Waals surface area contributed by atoms with Crippen molar-refractivity contribution in [3.8, 4) is 11.1 Å². The maximum Gasteiger partial charge on any atom is 0.224 e. The number of ether oxygens (including phenoxy) is 2. The fourth-order valence-corrected chi connectivity index (χ4v) is 7.15. The van der Waals surface area contributed by atoms with Gasteiger partial charge in [0, 0.05) is 44.5 Å². The number of nitrogens with zero attached hydrogens (tertiary/aromatic N) is 1. The van der Waals surface area contributed by atoms with Crippen LogP contribution in [-0.2, 0) is 38.8 Å². The number of hydrogen-bond acceptors (Lipinski definition) is 7. The Kier molecular flexibility index (Phi) is 14.8. The lowest BCUT2D eigenvalue weighted by Gasteiger charge is -2.38. The predicted octanol–water partition coefficient (Wildman–Crippen LogP) is 8.70. The van der Waals surface area contributed by atoms with Gasteiger partial charge in [-0.15, -0.1) is 0 Å². The first-order valence-corrected chi connectivity index (χ1v) is 19.7. The molecule has 6 rings (SSSR count). The van der Waals surface area contributed by atoms with Crippen LogP contribution in [0.25, 0.3) is 11.1 Å². The molecule has 0 saturated carbocycles. The molecule has 1 fully saturated rings. The van der Waals surface area contributed by atoms with Gasteiger partial charge in [0.1, 0.15) is 0 Å². The molecule has 1 heterocycles. The molecule has 292 valence electrons. The van der Waals surface area contributed by atoms with Crippen LogP contribution in [0.5, 0.6) is 0 Å². The first-order chi connectivity index (χ1) is 27.3. The van der Waals surface area contributed by atoms with E-state index in [1.54, 1.807) is 12.1 Å². The van der Waals surface area contributed by atoms with Crippen molar-refractivity contribution in [2.24, 2.45) is 0 Å². The number of aliphatic hydroxyl groups excluding tert-OH is 1. The number of para-hydroxylation sites is 2. The maximum absolute atomic E-state index is 12.8. The van der Waals surface area contributed by atoms with Crippen LogP contribution in [0, 0.1) is 0 Å². The predicted molar refractivity (Wildman–Crippen MR) is 222 cm³/mol. The van der Waals surface area contributed by atoms with Crippen LogP contribution in [0.2, 0.25) is 0 Å². The van der Waals surface area contributed by atoms with Gasteiger partial charge < -0.3 is 30.9 Å². The Labute approximate surface area is 330 Å². The number of likely N-dealkylation sites (N-methyl/N-ethyl adjacent to an activating group) is 1. The third kappa shape index (κ3) is 11.8. The van der Waals surface area contributed by atoms with E-state index in [1.165, 1.54) is 5.56 Å². The molecule has 9 nitrogen and oxygen atoms in total. The number of amides is 2. The normalized spacial score (nSPS) is 16.7. The number of nitrogens with two attached hydrogens (primary N) is 1. The van der Waals surface area contributed by atoms with Crippen LogP contribution in [0.3, 0.4) is 0 Å². The van der Waals surface area contributed by atoms with Gasteiger partial charge in [-0.2, -0.15) is 0 Å². The summed E-state index contributed by atoms with van der Waals surface area (Å²) in [6.45, 7) is 2.01. The summed E-state index contributed by atoms with van der Waals surface area (Å²) in [5, 5.41) is 15.6. The Morgan fingerprint density at radius 2 is 1.39 bits per heavy atom. The van der Waals surface area contributed by atoms with E-state index in [2.05, 4.69) is 77.2 Å². The van der Waals surface area contributed by atoms with E-state index in [9.17, 15) is 14.7 Å². The van der Waals surface area contributed by atoms with Crippen molar-refractivity contribution < 1.29 is 24.2 Å². The summed E-state index contributed by atoms with van der Waals surface area (Å²) in [4.78, 5) is 27.3. The first-order valence-electron chi connectivity index (χ1n) is 19.7. The number of aliphatic hydroxyl groups is 1. The minimum Gasteiger partial charge on any atom is -0.397 e. The SMILES string of the molecule is CN(Cc1ccccc1)C[C@@H]1C[C@H](c2ccc(CO)cc2)O[C@H](c2ccc(-c3ccccc3CNC(=O)CCCCCCC(=O)Nc3ccccc3N)cc2)O1. The van der Waals surface area contributed by atoms with Crippen molar-refractivity contribution in [1.82, 2.24) is 10.2 Å². The van der Waals surface area contributed by atoms with Gasteiger partial charge in [0.05, 0.1) is 30.2 Å². The van der Waals surface area contributed by atoms with Gasteiger partial charge in [-0.05, 0) is 65.4 Å². The van der Waals surface area contributed by atoms with Crippen molar-refractivity contribution in [2.45, 2.75) is 83.1 Å². The largest absolute Gasteiger partial charge is 0.397 e. The molecule has 5 aromatic rings. The van der Waals surface area contributed by atoms with Crippen LogP contribution in [-0.4, -0.2) is 41.5 Å².